The molecule has 2 heterocycles. The number of fused-ring (bicyclic) bond motifs is 1. The van der Waals surface area contributed by atoms with Crippen LogP contribution in [0, 0.1) is 10.6 Å². The third-order valence-corrected chi connectivity index (χ3v) is 10.2. The van der Waals surface area contributed by atoms with Gasteiger partial charge in [0.05, 0.1) is 0 Å². The number of amidine groups is 1. The summed E-state index contributed by atoms with van der Waals surface area (Å²) < 4.78 is 1.01. The highest BCUT2D eigenvalue weighted by Crippen LogP contribution is 2.38. The number of aryl methyl sites for hydroxylation is 1. The van der Waals surface area contributed by atoms with Crippen LogP contribution in [0.1, 0.15) is 34.7 Å². The van der Waals surface area contributed by atoms with Gasteiger partial charge in [-0.1, -0.05) is 121 Å². The van der Waals surface area contributed by atoms with E-state index in [9.17, 15) is 0 Å². The Labute approximate surface area is 301 Å². The summed E-state index contributed by atoms with van der Waals surface area (Å²) in [5, 5.41) is 6.25. The highest BCUT2D eigenvalue weighted by molar-refractivity contribution is 14.1. The van der Waals surface area contributed by atoms with E-state index in [-0.39, 0.29) is 12.3 Å². The summed E-state index contributed by atoms with van der Waals surface area (Å²) in [6.07, 6.45) is -0.314. The molecular weight excluding hydrogens is 711 g/mol. The smallest absolute Gasteiger partial charge is 0.132 e. The summed E-state index contributed by atoms with van der Waals surface area (Å²) in [7, 11) is 2.17. The van der Waals surface area contributed by atoms with Crippen molar-refractivity contribution < 1.29 is 0 Å². The maximum atomic E-state index is 5.41. The zero-order valence-corrected chi connectivity index (χ0v) is 29.5. The van der Waals surface area contributed by atoms with E-state index in [2.05, 4.69) is 203 Å². The van der Waals surface area contributed by atoms with Gasteiger partial charge >= 0.3 is 0 Å². The highest BCUT2D eigenvalue weighted by Gasteiger charge is 2.32. The van der Waals surface area contributed by atoms with Crippen LogP contribution in [0.5, 0.6) is 0 Å². The van der Waals surface area contributed by atoms with Crippen LogP contribution in [0.2, 0.25) is 0 Å². The molecule has 7 aromatic rings. The maximum absolute atomic E-state index is 5.41. The van der Waals surface area contributed by atoms with E-state index in [0.717, 1.165) is 48.6 Å². The minimum atomic E-state index is -0.227. The lowest BCUT2D eigenvalue weighted by Gasteiger charge is -2.39. The van der Waals surface area contributed by atoms with Crippen LogP contribution in [-0.2, 0) is 0 Å². The first-order chi connectivity index (χ1) is 24.0. The van der Waals surface area contributed by atoms with Gasteiger partial charge in [-0.3, -0.25) is 4.90 Å². The summed E-state index contributed by atoms with van der Waals surface area (Å²) in [4.78, 5) is 12.4. The summed E-state index contributed by atoms with van der Waals surface area (Å²) in [5.41, 5.74) is 11.4. The van der Waals surface area contributed by atoms with E-state index in [1.54, 1.807) is 0 Å². The number of hydrogen-bond acceptors (Lipinski definition) is 4. The summed E-state index contributed by atoms with van der Waals surface area (Å²) >= 11 is 2.33. The molecule has 0 saturated carbocycles. The molecule has 0 amide bonds. The predicted molar refractivity (Wildman–Crippen MR) is 211 cm³/mol. The van der Waals surface area contributed by atoms with Crippen LogP contribution in [0.4, 0.5) is 0 Å². The summed E-state index contributed by atoms with van der Waals surface area (Å²) in [6.45, 7) is 2.03. The molecule has 238 valence electrons. The first-order valence-electron chi connectivity index (χ1n) is 16.5. The molecule has 5 heteroatoms. The minimum absolute atomic E-state index is 0.0870. The molecule has 0 radical (unpaired) electrons. The Morgan fingerprint density at radius 2 is 1.16 bits per heavy atom. The van der Waals surface area contributed by atoms with E-state index in [1.165, 1.54) is 27.5 Å². The second-order valence-electron chi connectivity index (χ2n) is 12.6. The zero-order valence-electron chi connectivity index (χ0n) is 27.4. The number of aromatic nitrogens is 1. The average Bonchev–Trinajstić information content (AvgIpc) is 3.15. The maximum Gasteiger partial charge on any atom is 0.132 e. The standard InChI is InChI=1S/C44H35IN4/c1-29-17-24-40(41(45)46-29)33-21-18-32(19-22-33)38-26-37(30-11-5-3-6-12-30)27-39(28-38)44-48-42(34-14-7-4-8-15-34)47-43(49(44)2)36-23-20-31-13-9-10-16-35(31)25-36/h3-28,43-44H,1-2H3,(H,47,48). The molecule has 8 rings (SSSR count). The van der Waals surface area contributed by atoms with Crippen molar-refractivity contribution in [1.82, 2.24) is 15.2 Å². The van der Waals surface area contributed by atoms with Gasteiger partial charge in [0, 0.05) is 16.8 Å². The molecule has 0 saturated heterocycles. The number of hydrogen-bond donors (Lipinski definition) is 1. The van der Waals surface area contributed by atoms with Crippen molar-refractivity contribution in [1.29, 1.82) is 0 Å². The normalized spacial score (nSPS) is 16.3. The monoisotopic (exact) mass is 746 g/mol. The zero-order chi connectivity index (χ0) is 33.3. The molecule has 6 aromatic carbocycles. The molecule has 1 aromatic heterocycles. The lowest BCUT2D eigenvalue weighted by molar-refractivity contribution is 0.152. The molecule has 2 atom stereocenters. The molecule has 0 bridgehead atoms. The fourth-order valence-electron chi connectivity index (χ4n) is 6.73. The number of aliphatic imine (C=N–C) groups is 1. The molecule has 0 fully saturated rings. The number of nitrogens with zero attached hydrogens (tertiary/aromatic N) is 3. The predicted octanol–water partition coefficient (Wildman–Crippen LogP) is 10.8. The average molecular weight is 747 g/mol. The largest absolute Gasteiger partial charge is 0.350 e. The lowest BCUT2D eigenvalue weighted by atomic mass is 9.93. The minimum Gasteiger partial charge on any atom is -0.350 e. The summed E-state index contributed by atoms with van der Waals surface area (Å²) in [5.74, 6) is 0.888. The lowest BCUT2D eigenvalue weighted by Crippen LogP contribution is -2.46. The van der Waals surface area contributed by atoms with Crippen molar-refractivity contribution in [2.24, 2.45) is 4.99 Å². The van der Waals surface area contributed by atoms with Crippen molar-refractivity contribution in [3.8, 4) is 33.4 Å². The number of rotatable bonds is 6. The van der Waals surface area contributed by atoms with E-state index < -0.39 is 0 Å². The highest BCUT2D eigenvalue weighted by atomic mass is 127. The van der Waals surface area contributed by atoms with Crippen LogP contribution in [0.25, 0.3) is 44.2 Å². The first-order valence-corrected chi connectivity index (χ1v) is 17.6. The van der Waals surface area contributed by atoms with Crippen molar-refractivity contribution >= 4 is 39.2 Å². The van der Waals surface area contributed by atoms with Gasteiger partial charge in [0.15, 0.2) is 0 Å². The quantitative estimate of drug-likeness (QED) is 0.136. The number of halogens is 1. The molecule has 1 N–H and O–H groups in total. The van der Waals surface area contributed by atoms with E-state index in [1.807, 2.05) is 6.92 Å². The molecule has 0 aliphatic carbocycles. The Morgan fingerprint density at radius 3 is 1.86 bits per heavy atom. The third-order valence-electron chi connectivity index (χ3n) is 9.33. The van der Waals surface area contributed by atoms with Gasteiger partial charge in [0.2, 0.25) is 0 Å². The van der Waals surface area contributed by atoms with Gasteiger partial charge < -0.3 is 5.32 Å². The Morgan fingerprint density at radius 1 is 0.551 bits per heavy atom. The Bertz CT molecular complexity index is 2300. The molecular formula is C44H35IN4. The van der Waals surface area contributed by atoms with Gasteiger partial charge in [-0.25, -0.2) is 9.98 Å². The number of nitrogens with one attached hydrogen (secondary N) is 1. The Balaban J connectivity index is 1.25. The van der Waals surface area contributed by atoms with Crippen molar-refractivity contribution in [3.63, 3.8) is 0 Å². The van der Waals surface area contributed by atoms with Crippen LogP contribution in [0.15, 0.2) is 163 Å². The van der Waals surface area contributed by atoms with E-state index in [0.29, 0.717) is 0 Å². The van der Waals surface area contributed by atoms with Gasteiger partial charge in [0.1, 0.15) is 21.9 Å². The van der Waals surface area contributed by atoms with E-state index >= 15 is 0 Å². The molecule has 0 spiro atoms. The van der Waals surface area contributed by atoms with Crippen molar-refractivity contribution in [3.05, 3.63) is 184 Å². The molecule has 2 unspecified atom stereocenters. The van der Waals surface area contributed by atoms with Gasteiger partial charge in [-0.15, -0.1) is 0 Å². The molecule has 1 aliphatic rings. The van der Waals surface area contributed by atoms with Crippen molar-refractivity contribution in [2.75, 3.05) is 7.05 Å². The van der Waals surface area contributed by atoms with E-state index in [4.69, 9.17) is 4.99 Å². The van der Waals surface area contributed by atoms with Crippen LogP contribution in [0.3, 0.4) is 0 Å². The first kappa shape index (κ1) is 31.2. The Hall–Kier alpha value is -5.11. The molecule has 4 nitrogen and oxygen atoms in total. The number of benzene rings is 6. The van der Waals surface area contributed by atoms with Crippen molar-refractivity contribution in [2.45, 2.75) is 19.3 Å². The second-order valence-corrected chi connectivity index (χ2v) is 13.6. The van der Waals surface area contributed by atoms with Crippen LogP contribution >= 0.6 is 22.6 Å². The van der Waals surface area contributed by atoms with Crippen LogP contribution in [-0.4, -0.2) is 22.8 Å². The van der Waals surface area contributed by atoms with Gasteiger partial charge in [0.25, 0.3) is 0 Å². The molecule has 49 heavy (non-hydrogen) atoms. The molecule has 1 aliphatic heterocycles. The Kier molecular flexibility index (Phi) is 8.54. The van der Waals surface area contributed by atoms with Gasteiger partial charge in [-0.05, 0) is 123 Å². The third kappa shape index (κ3) is 6.40. The topological polar surface area (TPSA) is 40.5 Å². The SMILES string of the molecule is Cc1ccc(-c2ccc(-c3cc(-c4ccccc4)cc(C4N=C(c5ccccc5)NC(c5ccc6ccccc6c5)N4C)c3)cc2)c(I)n1. The second kappa shape index (κ2) is 13.4. The number of pyridine rings is 1. The fraction of sp³-hybridized carbons (Fsp3) is 0.0909. The summed E-state index contributed by atoms with van der Waals surface area (Å²) in [6, 6.07) is 56.4. The van der Waals surface area contributed by atoms with Crippen LogP contribution < -0.4 is 5.32 Å². The fourth-order valence-corrected chi connectivity index (χ4v) is 7.60. The van der Waals surface area contributed by atoms with Gasteiger partial charge in [-0.2, -0.15) is 0 Å².